The Hall–Kier alpha value is -0.390. The average Bonchev–Trinajstić information content (AvgIpc) is 2.64. The van der Waals surface area contributed by atoms with Gasteiger partial charge in [0.2, 0.25) is 0 Å². The first-order valence-electron chi connectivity index (χ1n) is 9.00. The van der Waals surface area contributed by atoms with Gasteiger partial charge in [-0.3, -0.25) is 0 Å². The number of aryl methyl sites for hydroxylation is 1. The lowest BCUT2D eigenvalue weighted by Gasteiger charge is -2.19. The van der Waals surface area contributed by atoms with Crippen LogP contribution in [0.25, 0.3) is 0 Å². The number of halogens is 3. The smallest absolute Gasteiger partial charge is 0.340 e. The molecule has 0 heterocycles. The number of carbonyl (C=O) groups is 1. The minimum absolute atomic E-state index is 0.00263. The van der Waals surface area contributed by atoms with Crippen molar-refractivity contribution >= 4 is 83.9 Å². The molecule has 0 unspecified atom stereocenters. The topological polar surface area (TPSA) is 102 Å². The lowest BCUT2D eigenvalue weighted by molar-refractivity contribution is 0.0447. The summed E-state index contributed by atoms with van der Waals surface area (Å²) < 4.78 is 53.4. The zero-order valence-corrected chi connectivity index (χ0v) is 24.4. The van der Waals surface area contributed by atoms with Gasteiger partial charge in [-0.25, -0.2) is 13.2 Å². The van der Waals surface area contributed by atoms with Crippen LogP contribution in [0.3, 0.4) is 0 Å². The van der Waals surface area contributed by atoms with Gasteiger partial charge in [0.1, 0.15) is 34.8 Å². The van der Waals surface area contributed by atoms with Crippen LogP contribution in [0, 0.1) is 17.6 Å². The molecule has 0 aromatic heterocycles. The first kappa shape index (κ1) is 26.9. The van der Waals surface area contributed by atoms with E-state index in [4.69, 9.17) is 14.2 Å². The second-order valence-corrected chi connectivity index (χ2v) is 11.6. The molecule has 0 amide bonds. The highest BCUT2D eigenvalue weighted by Gasteiger charge is 2.22. The van der Waals surface area contributed by atoms with Crippen LogP contribution in [0.15, 0.2) is 23.1 Å². The predicted octanol–water partition coefficient (Wildman–Crippen LogP) is 5.08. The second kappa shape index (κ2) is 11.2. The summed E-state index contributed by atoms with van der Waals surface area (Å²) >= 11 is 6.29. The predicted molar refractivity (Wildman–Crippen MR) is 140 cm³/mol. The molecule has 0 bridgehead atoms. The van der Waals surface area contributed by atoms with E-state index < -0.39 is 16.1 Å². The highest BCUT2D eigenvalue weighted by atomic mass is 127. The summed E-state index contributed by atoms with van der Waals surface area (Å²) in [5.74, 6) is 0.390. The highest BCUT2D eigenvalue weighted by Crippen LogP contribution is 2.34. The Kier molecular flexibility index (Phi) is 9.67. The Balaban J connectivity index is 2.12. The molecule has 2 rings (SSSR count). The maximum absolute atomic E-state index is 12.6. The van der Waals surface area contributed by atoms with Crippen molar-refractivity contribution in [2.24, 2.45) is 0 Å². The summed E-state index contributed by atoms with van der Waals surface area (Å²) in [6.45, 7) is 5.31. The van der Waals surface area contributed by atoms with Crippen LogP contribution in [-0.2, 0) is 14.9 Å². The molecule has 31 heavy (non-hydrogen) atoms. The van der Waals surface area contributed by atoms with Crippen LogP contribution in [0.1, 0.15) is 41.3 Å². The maximum Gasteiger partial charge on any atom is 0.340 e. The number of ether oxygens (including phenoxy) is 3. The Morgan fingerprint density at radius 3 is 2.29 bits per heavy atom. The van der Waals surface area contributed by atoms with Crippen molar-refractivity contribution < 1.29 is 32.0 Å². The molecule has 7 nitrogen and oxygen atoms in total. The Labute approximate surface area is 222 Å². The van der Waals surface area contributed by atoms with Gasteiger partial charge >= 0.3 is 5.97 Å². The van der Waals surface area contributed by atoms with Gasteiger partial charge in [-0.15, -0.1) is 0 Å². The molecular weight excluding hydrogens is 765 g/mol. The van der Waals surface area contributed by atoms with Crippen molar-refractivity contribution in [1.29, 1.82) is 0 Å². The van der Waals surface area contributed by atoms with Crippen molar-refractivity contribution in [2.45, 2.75) is 31.6 Å². The van der Waals surface area contributed by atoms with E-state index in [1.54, 1.807) is 33.9 Å². The zero-order chi connectivity index (χ0) is 23.5. The molecule has 0 saturated heterocycles. The summed E-state index contributed by atoms with van der Waals surface area (Å²) in [7, 11) is -3.04. The number of rotatable bonds is 8. The van der Waals surface area contributed by atoms with Crippen LogP contribution >= 0.6 is 67.8 Å². The van der Waals surface area contributed by atoms with Crippen LogP contribution in [0.4, 0.5) is 0 Å². The van der Waals surface area contributed by atoms with Crippen molar-refractivity contribution in [1.82, 2.24) is 0 Å². The van der Waals surface area contributed by atoms with Crippen molar-refractivity contribution in [2.75, 3.05) is 20.3 Å². The fourth-order valence-corrected chi connectivity index (χ4v) is 7.96. The van der Waals surface area contributed by atoms with E-state index in [0.29, 0.717) is 31.8 Å². The van der Waals surface area contributed by atoms with Gasteiger partial charge in [0.05, 0.1) is 24.7 Å². The monoisotopic (exact) mass is 785 g/mol. The van der Waals surface area contributed by atoms with Gasteiger partial charge in [0.25, 0.3) is 0 Å². The second-order valence-electron chi connectivity index (χ2n) is 6.81. The summed E-state index contributed by atoms with van der Waals surface area (Å²) in [5, 5.41) is 0. The van der Waals surface area contributed by atoms with Gasteiger partial charge < -0.3 is 18.8 Å². The van der Waals surface area contributed by atoms with Gasteiger partial charge in [-0.2, -0.15) is 0 Å². The number of hydrogen-bond acceptors (Lipinski definition) is 7. The third-order valence-corrected chi connectivity index (χ3v) is 7.88. The standard InChI is InChI=1S/C20H21I3O7S/c1-10(2)12-8-15(11(3)7-16(12)31(25,26)27)29-5-6-30-20(24)17-13(21)9-14(22)19(28-4)18(17)23/h7-10H,5-6H2,1-4H3,(H,25,26,27)/p-1. The highest BCUT2D eigenvalue weighted by molar-refractivity contribution is 14.1. The first-order chi connectivity index (χ1) is 14.4. The third-order valence-electron chi connectivity index (χ3n) is 4.31. The molecule has 0 spiro atoms. The molecule has 0 saturated carbocycles. The van der Waals surface area contributed by atoms with Crippen molar-refractivity contribution in [3.63, 3.8) is 0 Å². The Bertz CT molecular complexity index is 1100. The van der Waals surface area contributed by atoms with E-state index in [2.05, 4.69) is 67.8 Å². The Morgan fingerprint density at radius 1 is 1.10 bits per heavy atom. The van der Waals surface area contributed by atoms with Crippen molar-refractivity contribution in [3.05, 3.63) is 45.6 Å². The van der Waals surface area contributed by atoms with Gasteiger partial charge in [-0.05, 0) is 110 Å². The molecule has 0 aliphatic rings. The fourth-order valence-electron chi connectivity index (χ4n) is 2.81. The molecule has 2 aromatic carbocycles. The number of methoxy groups -OCH3 is 1. The summed E-state index contributed by atoms with van der Waals surface area (Å²) in [6.07, 6.45) is 0. The van der Waals surface area contributed by atoms with Crippen LogP contribution in [-0.4, -0.2) is 39.3 Å². The van der Waals surface area contributed by atoms with E-state index in [-0.39, 0.29) is 24.0 Å². The van der Waals surface area contributed by atoms with Gasteiger partial charge in [-0.1, -0.05) is 13.8 Å². The van der Waals surface area contributed by atoms with Gasteiger partial charge in [0, 0.05) is 3.57 Å². The average molecular weight is 785 g/mol. The Morgan fingerprint density at radius 2 is 1.74 bits per heavy atom. The molecule has 0 N–H and O–H groups in total. The van der Waals surface area contributed by atoms with Crippen molar-refractivity contribution in [3.8, 4) is 11.5 Å². The van der Waals surface area contributed by atoms with E-state index in [1.807, 2.05) is 6.07 Å². The molecule has 0 radical (unpaired) electrons. The minimum Gasteiger partial charge on any atom is -0.744 e. The number of hydrogen-bond donors (Lipinski definition) is 0. The largest absolute Gasteiger partial charge is 0.744 e. The molecule has 0 aliphatic carbocycles. The van der Waals surface area contributed by atoms with Crippen LogP contribution in [0.2, 0.25) is 0 Å². The molecular formula is C20H20I3O7S-. The van der Waals surface area contributed by atoms with Crippen LogP contribution in [0.5, 0.6) is 11.5 Å². The molecule has 11 heteroatoms. The molecule has 0 fully saturated rings. The zero-order valence-electron chi connectivity index (χ0n) is 17.1. The molecule has 0 atom stereocenters. The van der Waals surface area contributed by atoms with E-state index in [1.165, 1.54) is 6.07 Å². The molecule has 2 aromatic rings. The number of carbonyl (C=O) groups excluding carboxylic acids is 1. The summed E-state index contributed by atoms with van der Waals surface area (Å²) in [4.78, 5) is 12.4. The van der Waals surface area contributed by atoms with E-state index >= 15 is 0 Å². The van der Waals surface area contributed by atoms with E-state index in [0.717, 1.165) is 7.14 Å². The lowest BCUT2D eigenvalue weighted by Crippen LogP contribution is -2.16. The first-order valence-corrected chi connectivity index (χ1v) is 13.6. The normalized spacial score (nSPS) is 11.5. The van der Waals surface area contributed by atoms with Gasteiger partial charge in [0.15, 0.2) is 0 Å². The fraction of sp³-hybridized carbons (Fsp3) is 0.350. The van der Waals surface area contributed by atoms with Crippen LogP contribution < -0.4 is 9.47 Å². The number of esters is 1. The molecule has 170 valence electrons. The maximum atomic E-state index is 12.6. The molecule has 0 aliphatic heterocycles. The SMILES string of the molecule is COc1c(I)cc(I)c(C(=O)OCCOc2cc(C(C)C)c(S(=O)(=O)[O-])cc2C)c1I. The van der Waals surface area contributed by atoms with E-state index in [9.17, 15) is 17.8 Å². The minimum atomic E-state index is -4.59. The lowest BCUT2D eigenvalue weighted by atomic mass is 10.0. The third kappa shape index (κ3) is 6.57. The summed E-state index contributed by atoms with van der Waals surface area (Å²) in [5.41, 5.74) is 1.33. The quantitative estimate of drug-likeness (QED) is 0.159. The summed E-state index contributed by atoms with van der Waals surface area (Å²) in [6, 6.07) is 4.72. The number of benzene rings is 2.